The van der Waals surface area contributed by atoms with Crippen LogP contribution in [-0.2, 0) is 20.4 Å². The molecule has 114 valence electrons. The third kappa shape index (κ3) is 3.14. The van der Waals surface area contributed by atoms with E-state index in [-0.39, 0.29) is 12.2 Å². The summed E-state index contributed by atoms with van der Waals surface area (Å²) in [7, 11) is 0. The van der Waals surface area contributed by atoms with Crippen LogP contribution in [0.25, 0.3) is 0 Å². The highest BCUT2D eigenvalue weighted by Gasteiger charge is 2.39. The highest BCUT2D eigenvalue weighted by Crippen LogP contribution is 2.35. The molecule has 0 aliphatic carbocycles. The first-order valence-corrected chi connectivity index (χ1v) is 6.05. The molecule has 4 nitrogen and oxygen atoms in total. The van der Waals surface area contributed by atoms with Gasteiger partial charge in [0.1, 0.15) is 5.82 Å². The highest BCUT2D eigenvalue weighted by atomic mass is 19.4. The summed E-state index contributed by atoms with van der Waals surface area (Å²) in [4.78, 5) is 15.4. The molecule has 0 N–H and O–H groups in total. The average molecular weight is 305 g/mol. The minimum absolute atomic E-state index is 0.000668. The van der Waals surface area contributed by atoms with Gasteiger partial charge in [0.25, 0.3) is 0 Å². The zero-order valence-corrected chi connectivity index (χ0v) is 10.9. The van der Waals surface area contributed by atoms with Crippen LogP contribution in [-0.4, -0.2) is 25.0 Å². The lowest BCUT2D eigenvalue weighted by Gasteiger charge is -2.18. The lowest BCUT2D eigenvalue weighted by atomic mass is 10.00. The number of halogens is 4. The number of hydrogen-bond donors (Lipinski definition) is 0. The predicted molar refractivity (Wildman–Crippen MR) is 64.1 cm³/mol. The number of esters is 1. The van der Waals surface area contributed by atoms with Crippen molar-refractivity contribution < 1.29 is 31.8 Å². The van der Waals surface area contributed by atoms with Gasteiger partial charge >= 0.3 is 12.1 Å². The summed E-state index contributed by atoms with van der Waals surface area (Å²) in [5.74, 6) is -2.10. The molecule has 0 bridgehead atoms. The van der Waals surface area contributed by atoms with E-state index in [1.165, 1.54) is 0 Å². The van der Waals surface area contributed by atoms with Gasteiger partial charge in [0.15, 0.2) is 18.5 Å². The largest absolute Gasteiger partial charge is 0.473 e. The van der Waals surface area contributed by atoms with Crippen LogP contribution in [0.1, 0.15) is 24.2 Å². The van der Waals surface area contributed by atoms with Gasteiger partial charge in [0, 0.05) is 0 Å². The molecule has 1 heterocycles. The van der Waals surface area contributed by atoms with E-state index in [1.54, 1.807) is 6.92 Å². The summed E-state index contributed by atoms with van der Waals surface area (Å²) in [6, 6.07) is 1.32. The molecule has 21 heavy (non-hydrogen) atoms. The summed E-state index contributed by atoms with van der Waals surface area (Å²) >= 11 is 0. The van der Waals surface area contributed by atoms with E-state index in [0.717, 1.165) is 12.5 Å². The molecule has 0 saturated heterocycles. The predicted octanol–water partition coefficient (Wildman–Crippen LogP) is 2.88. The second kappa shape index (κ2) is 5.71. The molecule has 2 rings (SSSR count). The van der Waals surface area contributed by atoms with Crippen LogP contribution >= 0.6 is 0 Å². The Labute approximate surface area is 117 Å². The van der Waals surface area contributed by atoms with Crippen LogP contribution in [0, 0.1) is 5.82 Å². The molecule has 0 spiro atoms. The van der Waals surface area contributed by atoms with E-state index < -0.39 is 35.7 Å². The van der Waals surface area contributed by atoms with E-state index >= 15 is 0 Å². The zero-order chi connectivity index (χ0) is 15.6. The van der Waals surface area contributed by atoms with Gasteiger partial charge in [-0.25, -0.2) is 14.2 Å². The fourth-order valence-electron chi connectivity index (χ4n) is 1.93. The SMILES string of the molecule is CCOC(=O)C1N=COC1c1ccc(F)c(C(F)(F)F)c1. The second-order valence-corrected chi connectivity index (χ2v) is 4.25. The first kappa shape index (κ1) is 15.3. The molecule has 2 atom stereocenters. The Morgan fingerprint density at radius 3 is 2.76 bits per heavy atom. The number of ether oxygens (including phenoxy) is 2. The summed E-state index contributed by atoms with van der Waals surface area (Å²) < 4.78 is 61.1. The van der Waals surface area contributed by atoms with E-state index in [0.29, 0.717) is 12.1 Å². The number of alkyl halides is 3. The number of aliphatic imine (C=N–C) groups is 1. The van der Waals surface area contributed by atoms with Gasteiger partial charge in [-0.15, -0.1) is 0 Å². The monoisotopic (exact) mass is 305 g/mol. The third-order valence-electron chi connectivity index (χ3n) is 2.87. The van der Waals surface area contributed by atoms with Crippen molar-refractivity contribution in [3.63, 3.8) is 0 Å². The first-order valence-electron chi connectivity index (χ1n) is 6.05. The quantitative estimate of drug-likeness (QED) is 0.637. The molecule has 8 heteroatoms. The molecule has 0 aromatic heterocycles. The second-order valence-electron chi connectivity index (χ2n) is 4.25. The Bertz CT molecular complexity index is 571. The van der Waals surface area contributed by atoms with Crippen LogP contribution in [0.15, 0.2) is 23.2 Å². The number of carbonyl (C=O) groups excluding carboxylic acids is 1. The van der Waals surface area contributed by atoms with E-state index in [2.05, 4.69) is 4.99 Å². The molecule has 1 aliphatic rings. The zero-order valence-electron chi connectivity index (χ0n) is 10.9. The molecule has 0 radical (unpaired) electrons. The smallest absolute Gasteiger partial charge is 0.419 e. The topological polar surface area (TPSA) is 47.9 Å². The number of hydrogen-bond acceptors (Lipinski definition) is 4. The van der Waals surface area contributed by atoms with Gasteiger partial charge in [0.2, 0.25) is 0 Å². The minimum Gasteiger partial charge on any atom is -0.473 e. The van der Waals surface area contributed by atoms with Crippen LogP contribution in [0.5, 0.6) is 0 Å². The molecule has 0 saturated carbocycles. The summed E-state index contributed by atoms with van der Waals surface area (Å²) in [5, 5.41) is 0. The molecule has 1 aromatic rings. The van der Waals surface area contributed by atoms with Crippen LogP contribution in [0.2, 0.25) is 0 Å². The third-order valence-corrected chi connectivity index (χ3v) is 2.87. The van der Waals surface area contributed by atoms with E-state index in [4.69, 9.17) is 9.47 Å². The van der Waals surface area contributed by atoms with Crippen molar-refractivity contribution >= 4 is 12.4 Å². The summed E-state index contributed by atoms with van der Waals surface area (Å²) in [6.07, 6.45) is -4.92. The van der Waals surface area contributed by atoms with Crippen molar-refractivity contribution in [3.8, 4) is 0 Å². The summed E-state index contributed by atoms with van der Waals surface area (Å²) in [5.41, 5.74) is -1.42. The molecule has 1 aromatic carbocycles. The van der Waals surface area contributed by atoms with Crippen molar-refractivity contribution in [2.24, 2.45) is 4.99 Å². The van der Waals surface area contributed by atoms with Crippen molar-refractivity contribution in [2.45, 2.75) is 25.2 Å². The van der Waals surface area contributed by atoms with Crippen molar-refractivity contribution in [3.05, 3.63) is 35.1 Å². The van der Waals surface area contributed by atoms with Crippen molar-refractivity contribution in [2.75, 3.05) is 6.61 Å². The maximum atomic E-state index is 13.2. The number of nitrogens with zero attached hydrogens (tertiary/aromatic N) is 1. The maximum absolute atomic E-state index is 13.2. The van der Waals surface area contributed by atoms with Crippen LogP contribution in [0.3, 0.4) is 0 Å². The molecule has 2 unspecified atom stereocenters. The first-order chi connectivity index (χ1) is 9.84. The molecular formula is C13H11F4NO3. The molecule has 0 fully saturated rings. The Kier molecular flexibility index (Phi) is 4.15. The van der Waals surface area contributed by atoms with Gasteiger partial charge in [-0.05, 0) is 24.6 Å². The van der Waals surface area contributed by atoms with Crippen molar-refractivity contribution in [1.82, 2.24) is 0 Å². The highest BCUT2D eigenvalue weighted by molar-refractivity contribution is 5.80. The van der Waals surface area contributed by atoms with Gasteiger partial charge < -0.3 is 9.47 Å². The fraction of sp³-hybridized carbons (Fsp3) is 0.385. The van der Waals surface area contributed by atoms with Gasteiger partial charge in [-0.3, -0.25) is 0 Å². The molecular weight excluding hydrogens is 294 g/mol. The summed E-state index contributed by atoms with van der Waals surface area (Å²) in [6.45, 7) is 1.70. The fourth-order valence-corrected chi connectivity index (χ4v) is 1.93. The van der Waals surface area contributed by atoms with Crippen LogP contribution < -0.4 is 0 Å². The number of rotatable bonds is 3. The average Bonchev–Trinajstić information content (AvgIpc) is 2.87. The van der Waals surface area contributed by atoms with Gasteiger partial charge in [0.05, 0.1) is 12.2 Å². The molecule has 0 amide bonds. The number of benzene rings is 1. The Morgan fingerprint density at radius 2 is 2.14 bits per heavy atom. The maximum Gasteiger partial charge on any atom is 0.419 e. The van der Waals surface area contributed by atoms with Crippen LogP contribution in [0.4, 0.5) is 17.6 Å². The molecule has 1 aliphatic heterocycles. The van der Waals surface area contributed by atoms with Gasteiger partial charge in [-0.2, -0.15) is 13.2 Å². The lowest BCUT2D eigenvalue weighted by Crippen LogP contribution is -2.26. The normalized spacial score (nSPS) is 21.2. The van der Waals surface area contributed by atoms with Crippen molar-refractivity contribution in [1.29, 1.82) is 0 Å². The number of carbonyl (C=O) groups is 1. The van der Waals surface area contributed by atoms with E-state index in [9.17, 15) is 22.4 Å². The van der Waals surface area contributed by atoms with Gasteiger partial charge in [-0.1, -0.05) is 6.07 Å². The van der Waals surface area contributed by atoms with E-state index in [1.807, 2.05) is 0 Å². The Hall–Kier alpha value is -2.12. The minimum atomic E-state index is -4.83. The lowest BCUT2D eigenvalue weighted by molar-refractivity contribution is -0.146. The standard InChI is InChI=1S/C13H11F4NO3/c1-2-20-12(19)10-11(21-6-18-10)7-3-4-9(14)8(5-7)13(15,16)17/h3-6,10-11H,2H2,1H3. The Balaban J connectivity index is 2.32. The Morgan fingerprint density at radius 1 is 1.43 bits per heavy atom.